The molecule has 58 heavy (non-hydrogen) atoms. The highest BCUT2D eigenvalue weighted by atomic mass is 16.6. The Balaban J connectivity index is 4.28. The van der Waals surface area contributed by atoms with Crippen molar-refractivity contribution in [3.8, 4) is 0 Å². The fourth-order valence-corrected chi connectivity index (χ4v) is 7.04. The molecule has 0 bridgehead atoms. The van der Waals surface area contributed by atoms with Gasteiger partial charge in [-0.1, -0.05) is 205 Å². The van der Waals surface area contributed by atoms with E-state index in [0.717, 1.165) is 77.0 Å². The lowest BCUT2D eigenvalue weighted by Gasteiger charge is -2.18. The summed E-state index contributed by atoms with van der Waals surface area (Å²) in [6.45, 7) is 6.56. The van der Waals surface area contributed by atoms with Gasteiger partial charge in [0, 0.05) is 19.3 Å². The van der Waals surface area contributed by atoms with Crippen LogP contribution in [-0.2, 0) is 28.6 Å². The molecule has 0 amide bonds. The number of allylic oxidation sites excluding steroid dienone is 6. The van der Waals surface area contributed by atoms with Crippen LogP contribution in [0.3, 0.4) is 0 Å². The molecule has 0 aliphatic rings. The van der Waals surface area contributed by atoms with Gasteiger partial charge < -0.3 is 14.2 Å². The first-order valence-corrected chi connectivity index (χ1v) is 25.0. The molecule has 0 saturated heterocycles. The Bertz CT molecular complexity index is 984. The monoisotopic (exact) mass is 815 g/mol. The van der Waals surface area contributed by atoms with E-state index >= 15 is 0 Å². The molecule has 6 nitrogen and oxygen atoms in total. The SMILES string of the molecule is CCCC/C=C\CCCCCCCC(=O)O[C@H](COC(=O)CCCCCCCCCCCC)COC(=O)CCCCCCCCCCC/C=C\C/C=C\CCCCC. The molecule has 0 aliphatic heterocycles. The molecule has 0 aromatic rings. The molecule has 0 rings (SSSR count). The van der Waals surface area contributed by atoms with E-state index in [1.807, 2.05) is 0 Å². The summed E-state index contributed by atoms with van der Waals surface area (Å²) in [7, 11) is 0. The minimum absolute atomic E-state index is 0.0745. The van der Waals surface area contributed by atoms with Crippen molar-refractivity contribution in [1.82, 2.24) is 0 Å². The van der Waals surface area contributed by atoms with Gasteiger partial charge in [0.15, 0.2) is 6.10 Å². The summed E-state index contributed by atoms with van der Waals surface area (Å²) in [5, 5.41) is 0. The number of rotatable bonds is 45. The predicted molar refractivity (Wildman–Crippen MR) is 247 cm³/mol. The van der Waals surface area contributed by atoms with E-state index in [-0.39, 0.29) is 31.1 Å². The molecule has 0 heterocycles. The minimum atomic E-state index is -0.772. The minimum Gasteiger partial charge on any atom is -0.462 e. The zero-order valence-corrected chi connectivity index (χ0v) is 38.6. The van der Waals surface area contributed by atoms with Gasteiger partial charge in [-0.05, 0) is 70.6 Å². The van der Waals surface area contributed by atoms with Crippen molar-refractivity contribution in [3.05, 3.63) is 36.5 Å². The van der Waals surface area contributed by atoms with Gasteiger partial charge in [0.2, 0.25) is 0 Å². The van der Waals surface area contributed by atoms with E-state index in [4.69, 9.17) is 14.2 Å². The maximum atomic E-state index is 12.7. The normalized spacial score (nSPS) is 12.3. The molecule has 6 heteroatoms. The third-order valence-electron chi connectivity index (χ3n) is 10.9. The zero-order valence-electron chi connectivity index (χ0n) is 38.6. The van der Waals surface area contributed by atoms with Crippen LogP contribution >= 0.6 is 0 Å². The summed E-state index contributed by atoms with van der Waals surface area (Å²) in [6.07, 6.45) is 54.1. The molecule has 0 aliphatic carbocycles. The van der Waals surface area contributed by atoms with Crippen LogP contribution in [0.15, 0.2) is 36.5 Å². The van der Waals surface area contributed by atoms with Gasteiger partial charge in [-0.15, -0.1) is 0 Å². The second-order valence-corrected chi connectivity index (χ2v) is 16.7. The van der Waals surface area contributed by atoms with Crippen LogP contribution in [0.2, 0.25) is 0 Å². The second-order valence-electron chi connectivity index (χ2n) is 16.7. The van der Waals surface area contributed by atoms with Crippen LogP contribution in [0.5, 0.6) is 0 Å². The number of unbranched alkanes of at least 4 members (excludes halogenated alkanes) is 28. The standard InChI is InChI=1S/C52H94O6/c1-4-7-10-13-16-19-22-23-24-25-26-27-28-29-31-33-36-39-42-45-51(54)57-48-49(47-56-50(53)44-41-38-35-32-21-18-15-12-9-6-3)58-52(55)46-43-40-37-34-30-20-17-14-11-8-5-2/h14,16-17,19,23-24,49H,4-13,15,18,20-22,25-48H2,1-3H3/b17-14-,19-16-,24-23-/t49-/m1/s1. The summed E-state index contributed by atoms with van der Waals surface area (Å²) in [4.78, 5) is 37.8. The molecule has 338 valence electrons. The fraction of sp³-hybridized carbons (Fsp3) is 0.827. The largest absolute Gasteiger partial charge is 0.462 e. The Labute approximate surface area is 359 Å². The molecule has 1 atom stereocenters. The van der Waals surface area contributed by atoms with Crippen molar-refractivity contribution in [1.29, 1.82) is 0 Å². The van der Waals surface area contributed by atoms with Crippen molar-refractivity contribution in [2.75, 3.05) is 13.2 Å². The summed E-state index contributed by atoms with van der Waals surface area (Å²) in [5.74, 6) is -0.884. The van der Waals surface area contributed by atoms with Gasteiger partial charge in [-0.2, -0.15) is 0 Å². The lowest BCUT2D eigenvalue weighted by atomic mass is 10.1. The number of hydrogen-bond acceptors (Lipinski definition) is 6. The van der Waals surface area contributed by atoms with Crippen molar-refractivity contribution in [2.45, 2.75) is 264 Å². The van der Waals surface area contributed by atoms with E-state index in [1.54, 1.807) is 0 Å². The van der Waals surface area contributed by atoms with E-state index in [1.165, 1.54) is 141 Å². The quantitative estimate of drug-likeness (QED) is 0.0264. The van der Waals surface area contributed by atoms with Crippen molar-refractivity contribution >= 4 is 17.9 Å². The third kappa shape index (κ3) is 44.7. The smallest absolute Gasteiger partial charge is 0.306 e. The number of esters is 3. The van der Waals surface area contributed by atoms with E-state index in [0.29, 0.717) is 19.3 Å². The first kappa shape index (κ1) is 55.6. The average molecular weight is 815 g/mol. The molecule has 0 spiro atoms. The maximum absolute atomic E-state index is 12.7. The lowest BCUT2D eigenvalue weighted by molar-refractivity contribution is -0.167. The Hall–Kier alpha value is -2.37. The Morgan fingerprint density at radius 2 is 0.638 bits per heavy atom. The fourth-order valence-electron chi connectivity index (χ4n) is 7.04. The number of hydrogen-bond donors (Lipinski definition) is 0. The molecule has 0 unspecified atom stereocenters. The first-order chi connectivity index (χ1) is 28.5. The highest BCUT2D eigenvalue weighted by molar-refractivity contribution is 5.71. The predicted octanol–water partition coefficient (Wildman–Crippen LogP) is 16.1. The van der Waals surface area contributed by atoms with E-state index < -0.39 is 6.10 Å². The highest BCUT2D eigenvalue weighted by Gasteiger charge is 2.19. The van der Waals surface area contributed by atoms with Crippen LogP contribution in [0.25, 0.3) is 0 Å². The zero-order chi connectivity index (χ0) is 42.3. The lowest BCUT2D eigenvalue weighted by Crippen LogP contribution is -2.30. The number of carbonyl (C=O) groups is 3. The van der Waals surface area contributed by atoms with Crippen molar-refractivity contribution < 1.29 is 28.6 Å². The molecule has 0 N–H and O–H groups in total. The van der Waals surface area contributed by atoms with Crippen molar-refractivity contribution in [2.24, 2.45) is 0 Å². The Kier molecular flexibility index (Phi) is 45.4. The van der Waals surface area contributed by atoms with Gasteiger partial charge in [0.05, 0.1) is 0 Å². The van der Waals surface area contributed by atoms with Gasteiger partial charge in [0.25, 0.3) is 0 Å². The second kappa shape index (κ2) is 47.3. The maximum Gasteiger partial charge on any atom is 0.306 e. The van der Waals surface area contributed by atoms with Gasteiger partial charge in [-0.25, -0.2) is 0 Å². The Morgan fingerprint density at radius 3 is 1.05 bits per heavy atom. The number of ether oxygens (including phenoxy) is 3. The summed E-state index contributed by atoms with van der Waals surface area (Å²) in [6, 6.07) is 0. The molecule has 0 fully saturated rings. The number of carbonyl (C=O) groups excluding carboxylic acids is 3. The topological polar surface area (TPSA) is 78.9 Å². The van der Waals surface area contributed by atoms with Crippen molar-refractivity contribution in [3.63, 3.8) is 0 Å². The molecular formula is C52H94O6. The third-order valence-corrected chi connectivity index (χ3v) is 10.9. The van der Waals surface area contributed by atoms with Crippen LogP contribution in [0.1, 0.15) is 258 Å². The van der Waals surface area contributed by atoms with Gasteiger partial charge in [-0.3, -0.25) is 14.4 Å². The van der Waals surface area contributed by atoms with Crippen LogP contribution in [-0.4, -0.2) is 37.2 Å². The van der Waals surface area contributed by atoms with Gasteiger partial charge >= 0.3 is 17.9 Å². The molecule has 0 aromatic carbocycles. The van der Waals surface area contributed by atoms with Crippen LogP contribution < -0.4 is 0 Å². The molecule has 0 radical (unpaired) electrons. The summed E-state index contributed by atoms with van der Waals surface area (Å²) in [5.41, 5.74) is 0. The van der Waals surface area contributed by atoms with Crippen LogP contribution in [0.4, 0.5) is 0 Å². The molecule has 0 aromatic heterocycles. The Morgan fingerprint density at radius 1 is 0.345 bits per heavy atom. The highest BCUT2D eigenvalue weighted by Crippen LogP contribution is 2.15. The molecular weight excluding hydrogens is 721 g/mol. The summed E-state index contributed by atoms with van der Waals surface area (Å²) < 4.78 is 16.7. The molecule has 0 saturated carbocycles. The first-order valence-electron chi connectivity index (χ1n) is 25.0. The van der Waals surface area contributed by atoms with Gasteiger partial charge in [0.1, 0.15) is 13.2 Å². The average Bonchev–Trinajstić information content (AvgIpc) is 3.22. The van der Waals surface area contributed by atoms with Crippen LogP contribution in [0, 0.1) is 0 Å². The van der Waals surface area contributed by atoms with E-state index in [2.05, 4.69) is 57.2 Å². The van der Waals surface area contributed by atoms with E-state index in [9.17, 15) is 14.4 Å². The summed E-state index contributed by atoms with van der Waals surface area (Å²) >= 11 is 0.